The van der Waals surface area contributed by atoms with Crippen molar-refractivity contribution >= 4 is 9.84 Å². The maximum absolute atomic E-state index is 14.8. The van der Waals surface area contributed by atoms with Gasteiger partial charge in [0, 0.05) is 24.4 Å². The number of benzene rings is 2. The fourth-order valence-electron chi connectivity index (χ4n) is 3.12. The molecule has 0 saturated carbocycles. The molecule has 33 heavy (non-hydrogen) atoms. The number of hydrogen-bond donors (Lipinski definition) is 0. The van der Waals surface area contributed by atoms with Crippen LogP contribution in [0.2, 0.25) is 0 Å². The Morgan fingerprint density at radius 3 is 2.00 bits per heavy atom. The van der Waals surface area contributed by atoms with Crippen molar-refractivity contribution in [3.8, 4) is 28.1 Å². The maximum atomic E-state index is 14.8. The lowest BCUT2D eigenvalue weighted by atomic mass is 9.98. The van der Waals surface area contributed by atoms with E-state index in [-0.39, 0.29) is 5.56 Å². The fourth-order valence-corrected chi connectivity index (χ4v) is 3.85. The standard InChI is InChI=1S/C19H12F8N2O3S/c1-29-16(11-7-13(21)14(8-12(11)20)33(2,30)31)15(17(28-29)18(22,23)24)9-3-5-10(6-4-9)32-19(25,26)27/h3-8H,1-2H3. The van der Waals surface area contributed by atoms with Gasteiger partial charge in [-0.25, -0.2) is 17.2 Å². The van der Waals surface area contributed by atoms with Crippen molar-refractivity contribution in [1.82, 2.24) is 9.78 Å². The molecular formula is C19H12F8N2O3S. The molecule has 2 aromatic carbocycles. The molecule has 178 valence electrons. The third-order valence-corrected chi connectivity index (χ3v) is 5.48. The van der Waals surface area contributed by atoms with Crippen molar-refractivity contribution < 1.29 is 48.3 Å². The van der Waals surface area contributed by atoms with Gasteiger partial charge in [-0.2, -0.15) is 18.3 Å². The van der Waals surface area contributed by atoms with Crippen LogP contribution in [0.15, 0.2) is 41.3 Å². The van der Waals surface area contributed by atoms with Crippen molar-refractivity contribution in [2.45, 2.75) is 17.4 Å². The Bertz CT molecular complexity index is 1310. The number of aromatic nitrogens is 2. The summed E-state index contributed by atoms with van der Waals surface area (Å²) in [5.41, 5.74) is -3.92. The molecule has 0 bridgehead atoms. The third kappa shape index (κ3) is 5.10. The van der Waals surface area contributed by atoms with Gasteiger partial charge in [0.1, 0.15) is 22.3 Å². The van der Waals surface area contributed by atoms with Crippen molar-refractivity contribution in [2.24, 2.45) is 7.05 Å². The van der Waals surface area contributed by atoms with Crippen LogP contribution < -0.4 is 4.74 Å². The first-order valence-corrected chi connectivity index (χ1v) is 10.6. The van der Waals surface area contributed by atoms with Crippen molar-refractivity contribution in [1.29, 1.82) is 0 Å². The molecule has 0 spiro atoms. The summed E-state index contributed by atoms with van der Waals surface area (Å²) in [5.74, 6) is -3.49. The molecular weight excluding hydrogens is 488 g/mol. The summed E-state index contributed by atoms with van der Waals surface area (Å²) >= 11 is 0. The minimum atomic E-state index is -5.08. The molecule has 1 aromatic heterocycles. The van der Waals surface area contributed by atoms with Crippen LogP contribution in [-0.4, -0.2) is 30.8 Å². The van der Waals surface area contributed by atoms with Gasteiger partial charge in [0.25, 0.3) is 0 Å². The minimum absolute atomic E-state index is 0.324. The summed E-state index contributed by atoms with van der Waals surface area (Å²) in [4.78, 5) is -1.00. The Morgan fingerprint density at radius 1 is 0.939 bits per heavy atom. The van der Waals surface area contributed by atoms with Crippen LogP contribution in [0.4, 0.5) is 35.1 Å². The number of nitrogens with zero attached hydrogens (tertiary/aromatic N) is 2. The van der Waals surface area contributed by atoms with Gasteiger partial charge >= 0.3 is 12.5 Å². The second-order valence-corrected chi connectivity index (χ2v) is 8.78. The molecule has 0 saturated heterocycles. The summed E-state index contributed by atoms with van der Waals surface area (Å²) < 4.78 is 135. The van der Waals surface area contributed by atoms with Crippen LogP contribution >= 0.6 is 0 Å². The van der Waals surface area contributed by atoms with E-state index in [2.05, 4.69) is 9.84 Å². The van der Waals surface area contributed by atoms with Crippen molar-refractivity contribution in [3.05, 3.63) is 53.7 Å². The number of ether oxygens (including phenoxy) is 1. The smallest absolute Gasteiger partial charge is 0.406 e. The van der Waals surface area contributed by atoms with Gasteiger partial charge in [0.15, 0.2) is 15.5 Å². The van der Waals surface area contributed by atoms with E-state index >= 15 is 0 Å². The molecule has 0 N–H and O–H groups in total. The molecule has 0 fully saturated rings. The molecule has 0 aliphatic carbocycles. The molecule has 3 rings (SSSR count). The minimum Gasteiger partial charge on any atom is -0.406 e. The highest BCUT2D eigenvalue weighted by Crippen LogP contribution is 2.43. The molecule has 1 heterocycles. The van der Waals surface area contributed by atoms with E-state index in [9.17, 15) is 43.5 Å². The van der Waals surface area contributed by atoms with Crippen LogP contribution in [0.1, 0.15) is 5.69 Å². The highest BCUT2D eigenvalue weighted by Gasteiger charge is 2.40. The first-order chi connectivity index (χ1) is 15.0. The second-order valence-electron chi connectivity index (χ2n) is 6.80. The van der Waals surface area contributed by atoms with E-state index in [1.165, 1.54) is 0 Å². The van der Waals surface area contributed by atoms with Gasteiger partial charge in [-0.05, 0) is 29.8 Å². The van der Waals surface area contributed by atoms with Gasteiger partial charge in [0.2, 0.25) is 0 Å². The molecule has 0 radical (unpaired) electrons. The van der Waals surface area contributed by atoms with E-state index < -0.39 is 67.2 Å². The van der Waals surface area contributed by atoms with Crippen molar-refractivity contribution in [3.63, 3.8) is 0 Å². The lowest BCUT2D eigenvalue weighted by Gasteiger charge is -2.13. The van der Waals surface area contributed by atoms with Gasteiger partial charge in [-0.3, -0.25) is 4.68 Å². The highest BCUT2D eigenvalue weighted by molar-refractivity contribution is 7.90. The lowest BCUT2D eigenvalue weighted by Crippen LogP contribution is -2.17. The largest absolute Gasteiger partial charge is 0.573 e. The molecule has 14 heteroatoms. The van der Waals surface area contributed by atoms with Gasteiger partial charge in [0.05, 0.1) is 5.69 Å². The average molecular weight is 500 g/mol. The Hall–Kier alpha value is -3.16. The summed E-state index contributed by atoms with van der Waals surface area (Å²) in [6.45, 7) is 0. The predicted octanol–water partition coefficient (Wildman–Crippen LogP) is 5.35. The Balaban J connectivity index is 2.28. The van der Waals surface area contributed by atoms with Crippen LogP contribution in [-0.2, 0) is 23.1 Å². The van der Waals surface area contributed by atoms with Gasteiger partial charge in [-0.15, -0.1) is 13.2 Å². The summed E-state index contributed by atoms with van der Waals surface area (Å²) in [6.07, 6.45) is -9.50. The van der Waals surface area contributed by atoms with E-state index in [4.69, 9.17) is 0 Å². The number of halogens is 8. The van der Waals surface area contributed by atoms with E-state index in [1.807, 2.05) is 0 Å². The summed E-state index contributed by atoms with van der Waals surface area (Å²) in [7, 11) is -3.18. The fraction of sp³-hybridized carbons (Fsp3) is 0.211. The number of hydrogen-bond acceptors (Lipinski definition) is 4. The maximum Gasteiger partial charge on any atom is 0.573 e. The highest BCUT2D eigenvalue weighted by atomic mass is 32.2. The zero-order valence-corrected chi connectivity index (χ0v) is 17.3. The topological polar surface area (TPSA) is 61.2 Å². The number of sulfone groups is 1. The molecule has 0 aliphatic rings. The number of rotatable bonds is 4. The third-order valence-electron chi connectivity index (χ3n) is 4.37. The van der Waals surface area contributed by atoms with E-state index in [0.717, 1.165) is 31.3 Å². The first kappa shape index (κ1) is 24.5. The monoisotopic (exact) mass is 500 g/mol. The quantitative estimate of drug-likeness (QED) is 0.453. The van der Waals surface area contributed by atoms with Crippen LogP contribution in [0.3, 0.4) is 0 Å². The van der Waals surface area contributed by atoms with Crippen LogP contribution in [0.5, 0.6) is 5.75 Å². The van der Waals surface area contributed by atoms with E-state index in [1.54, 1.807) is 0 Å². The Morgan fingerprint density at radius 2 is 1.52 bits per heavy atom. The lowest BCUT2D eigenvalue weighted by molar-refractivity contribution is -0.274. The second kappa shape index (κ2) is 8.01. The summed E-state index contributed by atoms with van der Waals surface area (Å²) in [6, 6.07) is 3.93. The average Bonchev–Trinajstić information content (AvgIpc) is 2.99. The molecule has 0 amide bonds. The van der Waals surface area contributed by atoms with Crippen LogP contribution in [0.25, 0.3) is 22.4 Å². The van der Waals surface area contributed by atoms with E-state index in [0.29, 0.717) is 23.1 Å². The number of aryl methyl sites for hydroxylation is 1. The molecule has 3 aromatic rings. The van der Waals surface area contributed by atoms with Crippen molar-refractivity contribution in [2.75, 3.05) is 6.26 Å². The van der Waals surface area contributed by atoms with Gasteiger partial charge in [-0.1, -0.05) is 12.1 Å². The molecule has 0 unspecified atom stereocenters. The number of alkyl halides is 6. The van der Waals surface area contributed by atoms with Gasteiger partial charge < -0.3 is 4.74 Å². The predicted molar refractivity (Wildman–Crippen MR) is 98.8 cm³/mol. The molecule has 5 nitrogen and oxygen atoms in total. The normalized spacial score (nSPS) is 12.8. The SMILES string of the molecule is Cn1nc(C(F)(F)F)c(-c2ccc(OC(F)(F)F)cc2)c1-c1cc(F)c(S(C)(=O)=O)cc1F. The van der Waals surface area contributed by atoms with Crippen LogP contribution in [0, 0.1) is 11.6 Å². The zero-order chi connectivity index (χ0) is 24.9. The Kier molecular flexibility index (Phi) is 5.94. The first-order valence-electron chi connectivity index (χ1n) is 8.69. The Labute approximate surface area is 181 Å². The molecule has 0 aliphatic heterocycles. The molecule has 0 atom stereocenters. The summed E-state index contributed by atoms with van der Waals surface area (Å²) in [5, 5.41) is 3.33. The zero-order valence-electron chi connectivity index (χ0n) is 16.5.